The summed E-state index contributed by atoms with van der Waals surface area (Å²) in [6.45, 7) is 3.70. The molecule has 0 atom stereocenters. The molecule has 0 saturated carbocycles. The zero-order valence-electron chi connectivity index (χ0n) is 17.0. The van der Waals surface area contributed by atoms with Gasteiger partial charge in [0.1, 0.15) is 22.3 Å². The molecule has 0 aliphatic rings. The Kier molecular flexibility index (Phi) is 6.53. The molecule has 3 rings (SSSR count). The minimum atomic E-state index is -4.01. The first kappa shape index (κ1) is 21.8. The number of nitriles is 1. The van der Waals surface area contributed by atoms with Crippen molar-refractivity contribution in [2.45, 2.75) is 18.7 Å². The average Bonchev–Trinajstić information content (AvgIpc) is 2.74. The molecule has 0 saturated heterocycles. The highest BCUT2D eigenvalue weighted by Crippen LogP contribution is 2.22. The van der Waals surface area contributed by atoms with Crippen LogP contribution in [-0.4, -0.2) is 14.3 Å². The summed E-state index contributed by atoms with van der Waals surface area (Å²) in [5.74, 6) is -0.485. The Morgan fingerprint density at radius 1 is 1.00 bits per heavy atom. The minimum absolute atomic E-state index is 0.0365. The Balaban J connectivity index is 1.82. The van der Waals surface area contributed by atoms with E-state index < -0.39 is 16.0 Å². The molecule has 7 heteroatoms. The van der Waals surface area contributed by atoms with E-state index in [1.807, 2.05) is 32.0 Å². The molecule has 0 bridgehead atoms. The molecule has 3 aromatic rings. The number of hydrogen-bond donors (Lipinski definition) is 1. The minimum Gasteiger partial charge on any atom is -0.379 e. The lowest BCUT2D eigenvalue weighted by Gasteiger charge is -2.09. The molecule has 0 aliphatic carbocycles. The summed E-state index contributed by atoms with van der Waals surface area (Å²) in [6, 6.07) is 21.6. The summed E-state index contributed by atoms with van der Waals surface area (Å²) >= 11 is 0. The van der Waals surface area contributed by atoms with Crippen molar-refractivity contribution in [2.24, 2.45) is 0 Å². The fourth-order valence-corrected chi connectivity index (χ4v) is 3.68. The lowest BCUT2D eigenvalue weighted by Crippen LogP contribution is -2.14. The number of carbonyl (C=O) groups is 1. The Bertz CT molecular complexity index is 1290. The molecule has 1 amide bonds. The van der Waals surface area contributed by atoms with Crippen molar-refractivity contribution in [3.8, 4) is 11.8 Å². The fraction of sp³-hybridized carbons (Fsp3) is 0.0833. The molecule has 3 aromatic carbocycles. The second-order valence-electron chi connectivity index (χ2n) is 6.86. The zero-order chi connectivity index (χ0) is 22.4. The largest absolute Gasteiger partial charge is 0.379 e. The molecule has 31 heavy (non-hydrogen) atoms. The van der Waals surface area contributed by atoms with Gasteiger partial charge in [-0.05, 0) is 61.4 Å². The fourth-order valence-electron chi connectivity index (χ4n) is 2.75. The van der Waals surface area contributed by atoms with E-state index in [9.17, 15) is 18.5 Å². The Morgan fingerprint density at radius 3 is 2.39 bits per heavy atom. The quantitative estimate of drug-likeness (QED) is 0.348. The number of para-hydroxylation sites is 1. The van der Waals surface area contributed by atoms with Crippen molar-refractivity contribution >= 4 is 27.8 Å². The maximum atomic E-state index is 12.5. The molecule has 0 radical (unpaired) electrons. The molecular formula is C24H20N2O4S. The van der Waals surface area contributed by atoms with Crippen molar-refractivity contribution in [1.29, 1.82) is 5.26 Å². The second kappa shape index (κ2) is 9.28. The third-order valence-electron chi connectivity index (χ3n) is 4.44. The molecule has 0 unspecified atom stereocenters. The highest BCUT2D eigenvalue weighted by molar-refractivity contribution is 7.87. The Labute approximate surface area is 181 Å². The van der Waals surface area contributed by atoms with Gasteiger partial charge in [-0.15, -0.1) is 0 Å². The van der Waals surface area contributed by atoms with Crippen molar-refractivity contribution < 1.29 is 17.4 Å². The maximum absolute atomic E-state index is 12.5. The van der Waals surface area contributed by atoms with Crippen LogP contribution in [0.25, 0.3) is 6.08 Å². The van der Waals surface area contributed by atoms with Gasteiger partial charge in [0, 0.05) is 5.69 Å². The molecule has 0 fully saturated rings. The van der Waals surface area contributed by atoms with E-state index in [-0.39, 0.29) is 16.2 Å². The van der Waals surface area contributed by atoms with Crippen molar-refractivity contribution in [2.75, 3.05) is 5.32 Å². The summed E-state index contributed by atoms with van der Waals surface area (Å²) in [4.78, 5) is 12.5. The number of carbonyl (C=O) groups excluding carboxylic acids is 1. The average molecular weight is 433 g/mol. The number of nitrogens with one attached hydrogen (secondary N) is 1. The van der Waals surface area contributed by atoms with Crippen molar-refractivity contribution in [1.82, 2.24) is 0 Å². The van der Waals surface area contributed by atoms with Crippen LogP contribution in [0.3, 0.4) is 0 Å². The lowest BCUT2D eigenvalue weighted by atomic mass is 10.1. The number of amides is 1. The third kappa shape index (κ3) is 5.59. The molecule has 0 heterocycles. The number of nitrogens with zero attached hydrogens (tertiary/aromatic N) is 1. The van der Waals surface area contributed by atoms with Crippen LogP contribution in [0, 0.1) is 25.2 Å². The van der Waals surface area contributed by atoms with Gasteiger partial charge < -0.3 is 9.50 Å². The molecule has 0 aliphatic heterocycles. The van der Waals surface area contributed by atoms with E-state index in [0.717, 1.165) is 11.1 Å². The van der Waals surface area contributed by atoms with Crippen LogP contribution >= 0.6 is 0 Å². The van der Waals surface area contributed by atoms with Crippen LogP contribution in [-0.2, 0) is 14.9 Å². The normalized spacial score (nSPS) is 11.5. The summed E-state index contributed by atoms with van der Waals surface area (Å²) in [6.07, 6.45) is 1.37. The monoisotopic (exact) mass is 432 g/mol. The van der Waals surface area contributed by atoms with E-state index in [4.69, 9.17) is 4.18 Å². The van der Waals surface area contributed by atoms with Gasteiger partial charge >= 0.3 is 10.1 Å². The number of aryl methyl sites for hydroxylation is 2. The topological polar surface area (TPSA) is 96.3 Å². The highest BCUT2D eigenvalue weighted by atomic mass is 32.2. The predicted octanol–water partition coefficient (Wildman–Crippen LogP) is 4.62. The van der Waals surface area contributed by atoms with Crippen LogP contribution < -0.4 is 9.50 Å². The van der Waals surface area contributed by atoms with Gasteiger partial charge in [0.25, 0.3) is 5.91 Å². The standard InChI is InChI=1S/C24H20N2O4S/c1-17-10-12-22(13-11-17)31(28,29)30-21-8-5-7-19(15-21)14-20(16-25)24(27)26-23-9-4-3-6-18(23)2/h3-15H,1-2H3,(H,26,27)/b20-14+. The first-order chi connectivity index (χ1) is 14.8. The molecule has 1 N–H and O–H groups in total. The van der Waals surface area contributed by atoms with Crippen LogP contribution in [0.2, 0.25) is 0 Å². The maximum Gasteiger partial charge on any atom is 0.339 e. The lowest BCUT2D eigenvalue weighted by molar-refractivity contribution is -0.112. The first-order valence-corrected chi connectivity index (χ1v) is 10.8. The van der Waals surface area contributed by atoms with Gasteiger partial charge in [0.15, 0.2) is 0 Å². The summed E-state index contributed by atoms with van der Waals surface area (Å²) in [5.41, 5.74) is 2.73. The van der Waals surface area contributed by atoms with Gasteiger partial charge in [0.2, 0.25) is 0 Å². The number of anilines is 1. The van der Waals surface area contributed by atoms with E-state index in [0.29, 0.717) is 11.3 Å². The van der Waals surface area contributed by atoms with E-state index in [2.05, 4.69) is 5.32 Å². The molecule has 6 nitrogen and oxygen atoms in total. The SMILES string of the molecule is Cc1ccc(S(=O)(=O)Oc2cccc(/C=C(\C#N)C(=O)Nc3ccccc3C)c2)cc1. The van der Waals surface area contributed by atoms with Crippen LogP contribution in [0.5, 0.6) is 5.75 Å². The van der Waals surface area contributed by atoms with Gasteiger partial charge in [-0.2, -0.15) is 13.7 Å². The Hall–Kier alpha value is -3.89. The number of hydrogen-bond acceptors (Lipinski definition) is 5. The summed E-state index contributed by atoms with van der Waals surface area (Å²) in [7, 11) is -4.01. The highest BCUT2D eigenvalue weighted by Gasteiger charge is 2.17. The Morgan fingerprint density at radius 2 is 1.71 bits per heavy atom. The molecule has 0 spiro atoms. The van der Waals surface area contributed by atoms with E-state index in [1.165, 1.54) is 30.3 Å². The smallest absolute Gasteiger partial charge is 0.339 e. The van der Waals surface area contributed by atoms with E-state index in [1.54, 1.807) is 36.4 Å². The van der Waals surface area contributed by atoms with Crippen LogP contribution in [0.15, 0.2) is 83.3 Å². The number of benzene rings is 3. The first-order valence-electron chi connectivity index (χ1n) is 9.38. The molecule has 0 aromatic heterocycles. The van der Waals surface area contributed by atoms with Gasteiger partial charge in [-0.25, -0.2) is 0 Å². The van der Waals surface area contributed by atoms with Gasteiger partial charge in [0.05, 0.1) is 0 Å². The van der Waals surface area contributed by atoms with Crippen LogP contribution in [0.4, 0.5) is 5.69 Å². The van der Waals surface area contributed by atoms with Crippen molar-refractivity contribution in [3.05, 3.63) is 95.1 Å². The third-order valence-corrected chi connectivity index (χ3v) is 5.70. The summed E-state index contributed by atoms with van der Waals surface area (Å²) in [5, 5.41) is 12.1. The summed E-state index contributed by atoms with van der Waals surface area (Å²) < 4.78 is 30.2. The zero-order valence-corrected chi connectivity index (χ0v) is 17.8. The number of rotatable bonds is 6. The van der Waals surface area contributed by atoms with E-state index >= 15 is 0 Å². The molecular weight excluding hydrogens is 412 g/mol. The van der Waals surface area contributed by atoms with Gasteiger partial charge in [-0.3, -0.25) is 4.79 Å². The van der Waals surface area contributed by atoms with Gasteiger partial charge in [-0.1, -0.05) is 48.0 Å². The second-order valence-corrected chi connectivity index (χ2v) is 8.41. The predicted molar refractivity (Wildman–Crippen MR) is 119 cm³/mol. The van der Waals surface area contributed by atoms with Crippen LogP contribution in [0.1, 0.15) is 16.7 Å². The molecule has 156 valence electrons. The van der Waals surface area contributed by atoms with Crippen molar-refractivity contribution in [3.63, 3.8) is 0 Å².